The number of thioether (sulfide) groups is 1. The molecule has 0 N–H and O–H groups in total. The summed E-state index contributed by atoms with van der Waals surface area (Å²) in [6.07, 6.45) is 3.16. The molecule has 0 bridgehead atoms. The Kier molecular flexibility index (Phi) is 4.86. The molecule has 0 amide bonds. The van der Waals surface area contributed by atoms with Gasteiger partial charge in [0, 0.05) is 33.8 Å². The zero-order chi connectivity index (χ0) is 17.4. The Morgan fingerprint density at radius 3 is 2.64 bits per heavy atom. The molecule has 0 aromatic heterocycles. The van der Waals surface area contributed by atoms with Gasteiger partial charge in [-0.25, -0.2) is 0 Å². The zero-order valence-electron chi connectivity index (χ0n) is 14.8. The molecule has 0 saturated carbocycles. The summed E-state index contributed by atoms with van der Waals surface area (Å²) in [7, 11) is 1.80. The first-order valence-electron chi connectivity index (χ1n) is 8.79. The van der Waals surface area contributed by atoms with Crippen molar-refractivity contribution in [3.63, 3.8) is 0 Å². The number of hydrogen-bond acceptors (Lipinski definition) is 4. The number of hydrogen-bond donors (Lipinski definition) is 0. The molecule has 3 nitrogen and oxygen atoms in total. The molecule has 2 heterocycles. The second-order valence-corrected chi connectivity index (χ2v) is 9.08. The normalized spacial score (nSPS) is 22.8. The largest absolute Gasteiger partial charge is 0.633 e. The van der Waals surface area contributed by atoms with Crippen LogP contribution < -0.4 is 0 Å². The highest BCUT2D eigenvalue weighted by Gasteiger charge is 2.32. The summed E-state index contributed by atoms with van der Waals surface area (Å²) in [5.41, 5.74) is 2.85. The average molecular weight is 373 g/mol. The summed E-state index contributed by atoms with van der Waals surface area (Å²) in [6.45, 7) is 3.12. The summed E-state index contributed by atoms with van der Waals surface area (Å²) in [5, 5.41) is 12.3. The van der Waals surface area contributed by atoms with E-state index in [0.29, 0.717) is 19.1 Å². The van der Waals surface area contributed by atoms with Gasteiger partial charge in [-0.2, -0.15) is 0 Å². The van der Waals surface area contributed by atoms with Gasteiger partial charge < -0.3 is 9.85 Å². The SMILES string of the molecule is CSc1ccc2c(c1)C(N1CC[N+](C)([O-])CC1)Cc1ccccc1S2. The van der Waals surface area contributed by atoms with Gasteiger partial charge in [0.25, 0.3) is 0 Å². The molecule has 2 aliphatic heterocycles. The number of likely N-dealkylation sites (N-methyl/N-ethyl adjacent to an activating group) is 1. The van der Waals surface area contributed by atoms with Crippen LogP contribution in [0.15, 0.2) is 57.2 Å². The monoisotopic (exact) mass is 372 g/mol. The maximum Gasteiger partial charge on any atom is 0.0911 e. The lowest BCUT2D eigenvalue weighted by Crippen LogP contribution is -2.54. The molecule has 0 spiro atoms. The van der Waals surface area contributed by atoms with Gasteiger partial charge in [-0.3, -0.25) is 4.90 Å². The number of benzene rings is 2. The molecule has 2 aromatic rings. The summed E-state index contributed by atoms with van der Waals surface area (Å²) in [5.74, 6) is 0. The maximum atomic E-state index is 12.3. The van der Waals surface area contributed by atoms with E-state index in [4.69, 9.17) is 0 Å². The number of fused-ring (bicyclic) bond motifs is 2. The minimum Gasteiger partial charge on any atom is -0.633 e. The fraction of sp³-hybridized carbons (Fsp3) is 0.400. The highest BCUT2D eigenvalue weighted by atomic mass is 32.2. The van der Waals surface area contributed by atoms with E-state index in [1.165, 1.54) is 25.8 Å². The van der Waals surface area contributed by atoms with Crippen LogP contribution in [0.2, 0.25) is 0 Å². The maximum absolute atomic E-state index is 12.3. The number of piperazine rings is 1. The van der Waals surface area contributed by atoms with Crippen molar-refractivity contribution in [2.24, 2.45) is 0 Å². The molecule has 2 aromatic carbocycles. The minimum atomic E-state index is -0.105. The fourth-order valence-corrected chi connectivity index (χ4v) is 5.32. The Balaban J connectivity index is 1.74. The van der Waals surface area contributed by atoms with E-state index in [2.05, 4.69) is 53.6 Å². The number of quaternary nitrogens is 1. The third-order valence-corrected chi connectivity index (χ3v) is 7.28. The van der Waals surface area contributed by atoms with Crippen LogP contribution in [0.25, 0.3) is 0 Å². The van der Waals surface area contributed by atoms with Gasteiger partial charge in [-0.15, -0.1) is 11.8 Å². The topological polar surface area (TPSA) is 26.3 Å². The van der Waals surface area contributed by atoms with Crippen LogP contribution in [-0.2, 0) is 6.42 Å². The van der Waals surface area contributed by atoms with Crippen molar-refractivity contribution in [1.82, 2.24) is 4.90 Å². The Morgan fingerprint density at radius 1 is 1.12 bits per heavy atom. The van der Waals surface area contributed by atoms with Crippen molar-refractivity contribution in [1.29, 1.82) is 0 Å². The Morgan fingerprint density at radius 2 is 1.88 bits per heavy atom. The summed E-state index contributed by atoms with van der Waals surface area (Å²) >= 11 is 3.69. The second kappa shape index (κ2) is 6.97. The molecule has 1 unspecified atom stereocenters. The lowest BCUT2D eigenvalue weighted by Gasteiger charge is -2.47. The second-order valence-electron chi connectivity index (χ2n) is 7.11. The Hall–Kier alpha value is -0.980. The van der Waals surface area contributed by atoms with E-state index in [1.54, 1.807) is 18.8 Å². The van der Waals surface area contributed by atoms with Gasteiger partial charge in [0.15, 0.2) is 0 Å². The van der Waals surface area contributed by atoms with Crippen LogP contribution in [0, 0.1) is 5.21 Å². The van der Waals surface area contributed by atoms with Crippen LogP contribution in [-0.4, -0.2) is 49.0 Å². The first-order valence-corrected chi connectivity index (χ1v) is 10.8. The molecule has 4 rings (SSSR count). The predicted molar refractivity (Wildman–Crippen MR) is 106 cm³/mol. The van der Waals surface area contributed by atoms with Gasteiger partial charge in [-0.05, 0) is 48.1 Å². The molecule has 2 aliphatic rings. The number of nitrogens with zero attached hydrogens (tertiary/aromatic N) is 2. The molecule has 5 heteroatoms. The summed E-state index contributed by atoms with van der Waals surface area (Å²) < 4.78 is -0.105. The van der Waals surface area contributed by atoms with Gasteiger partial charge in [0.2, 0.25) is 0 Å². The van der Waals surface area contributed by atoms with Crippen LogP contribution in [0.3, 0.4) is 0 Å². The first kappa shape index (κ1) is 17.4. The number of hydroxylamine groups is 3. The van der Waals surface area contributed by atoms with Crippen LogP contribution in [0.1, 0.15) is 17.2 Å². The summed E-state index contributed by atoms with van der Waals surface area (Å²) in [4.78, 5) is 6.57. The van der Waals surface area contributed by atoms with E-state index in [1.807, 2.05) is 11.8 Å². The van der Waals surface area contributed by atoms with Gasteiger partial charge in [0.05, 0.1) is 20.1 Å². The van der Waals surface area contributed by atoms with E-state index in [9.17, 15) is 5.21 Å². The molecule has 25 heavy (non-hydrogen) atoms. The molecule has 0 aliphatic carbocycles. The Bertz CT molecular complexity index is 768. The van der Waals surface area contributed by atoms with Crippen molar-refractivity contribution >= 4 is 23.5 Å². The van der Waals surface area contributed by atoms with E-state index >= 15 is 0 Å². The van der Waals surface area contributed by atoms with Crippen molar-refractivity contribution in [2.75, 3.05) is 39.5 Å². The van der Waals surface area contributed by atoms with Crippen LogP contribution >= 0.6 is 23.5 Å². The quantitative estimate of drug-likeness (QED) is 0.443. The summed E-state index contributed by atoms with van der Waals surface area (Å²) in [6, 6.07) is 16.0. The third kappa shape index (κ3) is 3.62. The number of rotatable bonds is 2. The van der Waals surface area contributed by atoms with Crippen LogP contribution in [0.5, 0.6) is 0 Å². The van der Waals surface area contributed by atoms with Crippen molar-refractivity contribution in [3.8, 4) is 0 Å². The minimum absolute atomic E-state index is 0.105. The molecular formula is C20H24N2OS2. The molecule has 1 atom stereocenters. The van der Waals surface area contributed by atoms with E-state index < -0.39 is 0 Å². The first-order chi connectivity index (χ1) is 12.1. The molecule has 132 valence electrons. The average Bonchev–Trinajstić information content (AvgIpc) is 2.78. The van der Waals surface area contributed by atoms with Gasteiger partial charge >= 0.3 is 0 Å². The highest BCUT2D eigenvalue weighted by Crippen LogP contribution is 2.44. The van der Waals surface area contributed by atoms with Crippen LogP contribution in [0.4, 0.5) is 0 Å². The molecule has 1 fully saturated rings. The zero-order valence-corrected chi connectivity index (χ0v) is 16.4. The standard InChI is InChI=1S/C20H24N2OS2/c1-22(23)11-9-21(10-12-22)18-13-15-5-3-4-6-19(15)25-20-8-7-16(24-2)14-17(18)20/h3-8,14,18H,9-13H2,1-2H3. The third-order valence-electron chi connectivity index (χ3n) is 5.34. The van der Waals surface area contributed by atoms with Gasteiger partial charge in [-0.1, -0.05) is 30.0 Å². The Labute approximate surface area is 158 Å². The van der Waals surface area contributed by atoms with E-state index in [-0.39, 0.29) is 4.65 Å². The van der Waals surface area contributed by atoms with Crippen molar-refractivity contribution in [3.05, 3.63) is 58.8 Å². The molecule has 0 radical (unpaired) electrons. The predicted octanol–water partition coefficient (Wildman–Crippen LogP) is 4.42. The molecular weight excluding hydrogens is 348 g/mol. The smallest absolute Gasteiger partial charge is 0.0911 e. The van der Waals surface area contributed by atoms with Gasteiger partial charge in [0.1, 0.15) is 0 Å². The lowest BCUT2D eigenvalue weighted by atomic mass is 9.96. The molecule has 1 saturated heterocycles. The lowest BCUT2D eigenvalue weighted by molar-refractivity contribution is -0.865. The highest BCUT2D eigenvalue weighted by molar-refractivity contribution is 7.99. The van der Waals surface area contributed by atoms with E-state index in [0.717, 1.165) is 19.5 Å². The fourth-order valence-electron chi connectivity index (χ4n) is 3.76. The van der Waals surface area contributed by atoms with Crippen molar-refractivity contribution in [2.45, 2.75) is 27.1 Å². The van der Waals surface area contributed by atoms with Crippen molar-refractivity contribution < 1.29 is 4.65 Å².